The van der Waals surface area contributed by atoms with Crippen LogP contribution in [0.5, 0.6) is 0 Å². The molecule has 0 unspecified atom stereocenters. The number of nitrogens with zero attached hydrogens (tertiary/aromatic N) is 4. The van der Waals surface area contributed by atoms with Crippen molar-refractivity contribution in [3.8, 4) is 16.9 Å². The van der Waals surface area contributed by atoms with Crippen LogP contribution in [-0.2, 0) is 5.75 Å². The molecule has 0 bridgehead atoms. The molecular formula is C21H18N4S. The Kier molecular flexibility index (Phi) is 4.80. The summed E-state index contributed by atoms with van der Waals surface area (Å²) in [5.41, 5.74) is 5.58. The largest absolute Gasteiger partial charge is 0.241 e. The minimum atomic E-state index is 0.872. The predicted octanol–water partition coefficient (Wildman–Crippen LogP) is 4.93. The first kappa shape index (κ1) is 16.5. The molecule has 128 valence electrons. The molecule has 2 heterocycles. The highest BCUT2D eigenvalue weighted by molar-refractivity contribution is 7.98. The average molecular weight is 358 g/mol. The van der Waals surface area contributed by atoms with Crippen LogP contribution in [0.2, 0.25) is 0 Å². The van der Waals surface area contributed by atoms with Gasteiger partial charge in [0.05, 0.1) is 11.4 Å². The third-order valence-corrected chi connectivity index (χ3v) is 5.18. The number of aryl methyl sites for hydroxylation is 1. The standard InChI is InChI=1S/C21H18N4S/c1-16-5-2-3-6-18(16)15-26-21-12-11-20(23-24-21)17-7-9-19(10-8-17)25-14-4-13-22-25/h2-14H,15H2,1H3. The Morgan fingerprint density at radius 3 is 2.42 bits per heavy atom. The summed E-state index contributed by atoms with van der Waals surface area (Å²) in [5.74, 6) is 0.902. The van der Waals surface area contributed by atoms with Crippen LogP contribution >= 0.6 is 11.8 Å². The molecule has 0 radical (unpaired) electrons. The fourth-order valence-electron chi connectivity index (χ4n) is 2.68. The molecule has 0 saturated heterocycles. The molecule has 4 aromatic rings. The Morgan fingerprint density at radius 2 is 1.73 bits per heavy atom. The molecule has 0 atom stereocenters. The Balaban J connectivity index is 1.45. The summed E-state index contributed by atoms with van der Waals surface area (Å²) in [6, 6.07) is 22.6. The van der Waals surface area contributed by atoms with Crippen LogP contribution in [0.25, 0.3) is 16.9 Å². The van der Waals surface area contributed by atoms with Gasteiger partial charge in [0.25, 0.3) is 0 Å². The fourth-order valence-corrected chi connectivity index (χ4v) is 3.57. The predicted molar refractivity (Wildman–Crippen MR) is 105 cm³/mol. The van der Waals surface area contributed by atoms with Crippen LogP contribution in [0.15, 0.2) is 84.1 Å². The van der Waals surface area contributed by atoms with E-state index in [4.69, 9.17) is 0 Å². The topological polar surface area (TPSA) is 43.6 Å². The normalized spacial score (nSPS) is 10.8. The van der Waals surface area contributed by atoms with Gasteiger partial charge in [0, 0.05) is 23.7 Å². The van der Waals surface area contributed by atoms with Crippen LogP contribution in [0.1, 0.15) is 11.1 Å². The van der Waals surface area contributed by atoms with E-state index in [2.05, 4.69) is 46.5 Å². The van der Waals surface area contributed by atoms with E-state index in [1.165, 1.54) is 11.1 Å². The third-order valence-electron chi connectivity index (χ3n) is 4.21. The summed E-state index contributed by atoms with van der Waals surface area (Å²) >= 11 is 1.71. The van der Waals surface area contributed by atoms with Gasteiger partial charge in [-0.05, 0) is 48.4 Å². The monoisotopic (exact) mass is 358 g/mol. The van der Waals surface area contributed by atoms with E-state index in [1.807, 2.05) is 53.3 Å². The zero-order chi connectivity index (χ0) is 17.8. The number of thioether (sulfide) groups is 1. The van der Waals surface area contributed by atoms with E-state index < -0.39 is 0 Å². The van der Waals surface area contributed by atoms with Crippen molar-refractivity contribution in [2.45, 2.75) is 17.7 Å². The van der Waals surface area contributed by atoms with Crippen molar-refractivity contribution in [1.82, 2.24) is 20.0 Å². The van der Waals surface area contributed by atoms with Gasteiger partial charge in [-0.15, -0.1) is 10.2 Å². The van der Waals surface area contributed by atoms with Crippen molar-refractivity contribution in [3.05, 3.63) is 90.3 Å². The van der Waals surface area contributed by atoms with Crippen molar-refractivity contribution >= 4 is 11.8 Å². The SMILES string of the molecule is Cc1ccccc1CSc1ccc(-c2ccc(-n3cccn3)cc2)nn1. The Labute approximate surface area is 156 Å². The van der Waals surface area contributed by atoms with Gasteiger partial charge in [-0.1, -0.05) is 48.2 Å². The Hall–Kier alpha value is -2.92. The van der Waals surface area contributed by atoms with Crippen LogP contribution in [-0.4, -0.2) is 20.0 Å². The minimum absolute atomic E-state index is 0.872. The van der Waals surface area contributed by atoms with Gasteiger partial charge in [0.15, 0.2) is 0 Å². The molecule has 0 aliphatic carbocycles. The second-order valence-corrected chi connectivity index (χ2v) is 6.97. The Bertz CT molecular complexity index is 977. The molecule has 26 heavy (non-hydrogen) atoms. The third kappa shape index (κ3) is 3.68. The van der Waals surface area contributed by atoms with Gasteiger partial charge < -0.3 is 0 Å². The summed E-state index contributed by atoms with van der Waals surface area (Å²) < 4.78 is 1.83. The highest BCUT2D eigenvalue weighted by atomic mass is 32.2. The maximum Gasteiger partial charge on any atom is 0.119 e. The van der Waals surface area contributed by atoms with E-state index in [0.29, 0.717) is 0 Å². The van der Waals surface area contributed by atoms with Crippen molar-refractivity contribution in [2.75, 3.05) is 0 Å². The molecule has 0 N–H and O–H groups in total. The second kappa shape index (κ2) is 7.54. The van der Waals surface area contributed by atoms with Gasteiger partial charge in [-0.2, -0.15) is 5.10 Å². The van der Waals surface area contributed by atoms with Crippen molar-refractivity contribution in [3.63, 3.8) is 0 Å². The smallest absolute Gasteiger partial charge is 0.119 e. The molecule has 2 aromatic heterocycles. The molecular weight excluding hydrogens is 340 g/mol. The van der Waals surface area contributed by atoms with E-state index in [1.54, 1.807) is 18.0 Å². The van der Waals surface area contributed by atoms with E-state index in [0.717, 1.165) is 27.7 Å². The lowest BCUT2D eigenvalue weighted by atomic mass is 10.1. The molecule has 0 amide bonds. The summed E-state index contributed by atoms with van der Waals surface area (Å²) in [6.45, 7) is 2.14. The highest BCUT2D eigenvalue weighted by Crippen LogP contribution is 2.24. The van der Waals surface area contributed by atoms with E-state index in [9.17, 15) is 0 Å². The minimum Gasteiger partial charge on any atom is -0.241 e. The average Bonchev–Trinajstić information content (AvgIpc) is 3.23. The van der Waals surface area contributed by atoms with Crippen LogP contribution < -0.4 is 0 Å². The molecule has 5 heteroatoms. The van der Waals surface area contributed by atoms with E-state index in [-0.39, 0.29) is 0 Å². The lowest BCUT2D eigenvalue weighted by molar-refractivity contribution is 0.880. The second-order valence-electron chi connectivity index (χ2n) is 5.97. The summed E-state index contributed by atoms with van der Waals surface area (Å²) in [7, 11) is 0. The molecule has 0 aliphatic heterocycles. The molecule has 4 rings (SSSR count). The van der Waals surface area contributed by atoms with Crippen molar-refractivity contribution < 1.29 is 0 Å². The zero-order valence-electron chi connectivity index (χ0n) is 14.4. The lowest BCUT2D eigenvalue weighted by Gasteiger charge is -2.06. The molecule has 0 aliphatic rings. The van der Waals surface area contributed by atoms with Crippen molar-refractivity contribution in [1.29, 1.82) is 0 Å². The maximum absolute atomic E-state index is 4.38. The van der Waals surface area contributed by atoms with Gasteiger partial charge >= 0.3 is 0 Å². The number of aromatic nitrogens is 4. The van der Waals surface area contributed by atoms with Crippen LogP contribution in [0.4, 0.5) is 0 Å². The summed E-state index contributed by atoms with van der Waals surface area (Å²) in [6.07, 6.45) is 3.70. The van der Waals surface area contributed by atoms with Crippen LogP contribution in [0.3, 0.4) is 0 Å². The number of hydrogen-bond acceptors (Lipinski definition) is 4. The first-order valence-corrected chi connectivity index (χ1v) is 9.40. The molecule has 4 nitrogen and oxygen atoms in total. The van der Waals surface area contributed by atoms with Gasteiger partial charge in [0.2, 0.25) is 0 Å². The first-order chi connectivity index (χ1) is 12.8. The van der Waals surface area contributed by atoms with Gasteiger partial charge in [0.1, 0.15) is 5.03 Å². The van der Waals surface area contributed by atoms with E-state index >= 15 is 0 Å². The van der Waals surface area contributed by atoms with Gasteiger partial charge in [-0.3, -0.25) is 0 Å². The highest BCUT2D eigenvalue weighted by Gasteiger charge is 2.04. The fraction of sp³-hybridized carbons (Fsp3) is 0.0952. The van der Waals surface area contributed by atoms with Crippen LogP contribution in [0, 0.1) is 6.92 Å². The zero-order valence-corrected chi connectivity index (χ0v) is 15.2. The molecule has 2 aromatic carbocycles. The Morgan fingerprint density at radius 1 is 0.885 bits per heavy atom. The molecule has 0 spiro atoms. The molecule has 0 saturated carbocycles. The number of benzene rings is 2. The summed E-state index contributed by atoms with van der Waals surface area (Å²) in [5, 5.41) is 13.9. The number of hydrogen-bond donors (Lipinski definition) is 0. The number of rotatable bonds is 5. The van der Waals surface area contributed by atoms with Crippen molar-refractivity contribution in [2.24, 2.45) is 0 Å². The maximum atomic E-state index is 4.38. The summed E-state index contributed by atoms with van der Waals surface area (Å²) in [4.78, 5) is 0. The first-order valence-electron chi connectivity index (χ1n) is 8.41. The van der Waals surface area contributed by atoms with Gasteiger partial charge in [-0.25, -0.2) is 4.68 Å². The lowest BCUT2D eigenvalue weighted by Crippen LogP contribution is -1.94. The molecule has 0 fully saturated rings. The quantitative estimate of drug-likeness (QED) is 0.475.